The maximum atomic E-state index is 12.4. The molecule has 1 aliphatic carbocycles. The number of methoxy groups -OCH3 is 1. The molecule has 1 amide bonds. The van der Waals surface area contributed by atoms with Gasteiger partial charge in [0.05, 0.1) is 26.2 Å². The van der Waals surface area contributed by atoms with Gasteiger partial charge in [-0.2, -0.15) is 0 Å². The van der Waals surface area contributed by atoms with Gasteiger partial charge in [-0.05, 0) is 25.2 Å². The fourth-order valence-corrected chi connectivity index (χ4v) is 3.57. The van der Waals surface area contributed by atoms with Crippen molar-refractivity contribution in [1.29, 1.82) is 0 Å². The number of aliphatic carboxylic acids is 1. The highest BCUT2D eigenvalue weighted by molar-refractivity contribution is 5.84. The first-order valence-corrected chi connectivity index (χ1v) is 7.75. The molecule has 21 heavy (non-hydrogen) atoms. The molecule has 1 N–H and O–H groups in total. The normalized spacial score (nSPS) is 28.4. The van der Waals surface area contributed by atoms with Gasteiger partial charge in [0.25, 0.3) is 0 Å². The van der Waals surface area contributed by atoms with Crippen molar-refractivity contribution < 1.29 is 24.2 Å². The summed E-state index contributed by atoms with van der Waals surface area (Å²) in [6, 6.07) is -0.532. The van der Waals surface area contributed by atoms with E-state index >= 15 is 0 Å². The molecule has 0 aromatic heterocycles. The second-order valence-corrected chi connectivity index (χ2v) is 5.86. The van der Waals surface area contributed by atoms with Crippen molar-refractivity contribution in [2.75, 3.05) is 26.9 Å². The van der Waals surface area contributed by atoms with E-state index in [1.165, 1.54) is 0 Å². The van der Waals surface area contributed by atoms with Gasteiger partial charge >= 0.3 is 5.97 Å². The Morgan fingerprint density at radius 3 is 2.67 bits per heavy atom. The first-order valence-electron chi connectivity index (χ1n) is 7.75. The van der Waals surface area contributed by atoms with Gasteiger partial charge in [-0.25, -0.2) is 4.79 Å². The van der Waals surface area contributed by atoms with Crippen LogP contribution in [0.25, 0.3) is 0 Å². The molecule has 1 saturated heterocycles. The van der Waals surface area contributed by atoms with E-state index in [-0.39, 0.29) is 18.4 Å². The van der Waals surface area contributed by atoms with E-state index in [9.17, 15) is 14.7 Å². The minimum atomic E-state index is -0.877. The summed E-state index contributed by atoms with van der Waals surface area (Å²) in [5.41, 5.74) is 0. The Hall–Kier alpha value is -1.14. The molecule has 0 aromatic carbocycles. The molecule has 1 aliphatic heterocycles. The topological polar surface area (TPSA) is 76.1 Å². The smallest absolute Gasteiger partial charge is 0.326 e. The van der Waals surface area contributed by atoms with Crippen molar-refractivity contribution in [3.63, 3.8) is 0 Å². The molecule has 2 rings (SSSR count). The first-order chi connectivity index (χ1) is 10.1. The highest BCUT2D eigenvalue weighted by Crippen LogP contribution is 2.40. The van der Waals surface area contributed by atoms with Crippen LogP contribution >= 0.6 is 0 Å². The predicted octanol–water partition coefficient (Wildman–Crippen LogP) is 1.28. The zero-order valence-corrected chi connectivity index (χ0v) is 12.6. The van der Waals surface area contributed by atoms with Crippen molar-refractivity contribution in [3.05, 3.63) is 0 Å². The summed E-state index contributed by atoms with van der Waals surface area (Å²) in [7, 11) is 1.60. The lowest BCUT2D eigenvalue weighted by Gasteiger charge is -2.33. The Balaban J connectivity index is 1.90. The maximum absolute atomic E-state index is 12.4. The van der Waals surface area contributed by atoms with Crippen molar-refractivity contribution in [1.82, 2.24) is 4.90 Å². The molecule has 6 nitrogen and oxygen atoms in total. The van der Waals surface area contributed by atoms with Crippen LogP contribution in [0.1, 0.15) is 38.5 Å². The molecular weight excluding hydrogens is 274 g/mol. The number of carboxylic acids is 1. The molecule has 1 saturated carbocycles. The number of ether oxygens (including phenoxy) is 2. The number of amides is 1. The Bertz CT molecular complexity index is 373. The summed E-state index contributed by atoms with van der Waals surface area (Å²) in [6.07, 6.45) is 5.07. The van der Waals surface area contributed by atoms with Crippen LogP contribution in [0.3, 0.4) is 0 Å². The van der Waals surface area contributed by atoms with Gasteiger partial charge in [0.2, 0.25) is 5.91 Å². The predicted molar refractivity (Wildman–Crippen MR) is 75.9 cm³/mol. The Morgan fingerprint density at radius 1 is 1.19 bits per heavy atom. The summed E-state index contributed by atoms with van der Waals surface area (Å²) in [5.74, 6) is -0.606. The lowest BCUT2D eigenvalue weighted by Crippen LogP contribution is -2.46. The van der Waals surface area contributed by atoms with Gasteiger partial charge in [0, 0.05) is 13.2 Å². The molecule has 1 heterocycles. The van der Waals surface area contributed by atoms with E-state index in [1.54, 1.807) is 12.0 Å². The standard InChI is InChI=1S/C15H25NO5/c1-20-8-9-21-7-6-14(17)16-12-5-3-2-4-11(12)10-13(16)15(18)19/h11-13H,2-10H2,1H3,(H,18,19). The van der Waals surface area contributed by atoms with Crippen LogP contribution in [0.2, 0.25) is 0 Å². The van der Waals surface area contributed by atoms with Gasteiger partial charge in [-0.15, -0.1) is 0 Å². The summed E-state index contributed by atoms with van der Waals surface area (Å²) < 4.78 is 10.2. The van der Waals surface area contributed by atoms with Crippen molar-refractivity contribution >= 4 is 11.9 Å². The number of fused-ring (bicyclic) bond motifs is 1. The van der Waals surface area contributed by atoms with E-state index in [4.69, 9.17) is 9.47 Å². The number of carbonyl (C=O) groups is 2. The van der Waals surface area contributed by atoms with E-state index in [1.807, 2.05) is 0 Å². The van der Waals surface area contributed by atoms with E-state index < -0.39 is 12.0 Å². The Kier molecular flexibility index (Phi) is 5.99. The zero-order chi connectivity index (χ0) is 15.2. The molecule has 6 heteroatoms. The molecule has 0 aromatic rings. The number of hydrogen-bond acceptors (Lipinski definition) is 4. The average Bonchev–Trinajstić information content (AvgIpc) is 2.86. The molecule has 3 unspecified atom stereocenters. The third-order valence-electron chi connectivity index (χ3n) is 4.55. The first kappa shape index (κ1) is 16.2. The second kappa shape index (κ2) is 7.75. The highest BCUT2D eigenvalue weighted by atomic mass is 16.5. The minimum Gasteiger partial charge on any atom is -0.480 e. The molecule has 2 fully saturated rings. The molecule has 0 radical (unpaired) electrons. The monoisotopic (exact) mass is 299 g/mol. The van der Waals surface area contributed by atoms with Gasteiger partial charge in [-0.3, -0.25) is 4.79 Å². The highest BCUT2D eigenvalue weighted by Gasteiger charge is 2.47. The number of nitrogens with zero attached hydrogens (tertiary/aromatic N) is 1. The zero-order valence-electron chi connectivity index (χ0n) is 12.6. The number of hydrogen-bond donors (Lipinski definition) is 1. The molecular formula is C15H25NO5. The van der Waals surface area contributed by atoms with Gasteiger partial charge < -0.3 is 19.5 Å². The third-order valence-corrected chi connectivity index (χ3v) is 4.55. The minimum absolute atomic E-state index is 0.0887. The van der Waals surface area contributed by atoms with Crippen LogP contribution in [0, 0.1) is 5.92 Å². The molecule has 3 atom stereocenters. The maximum Gasteiger partial charge on any atom is 0.326 e. The van der Waals surface area contributed by atoms with Crippen LogP contribution in [-0.2, 0) is 19.1 Å². The lowest BCUT2D eigenvalue weighted by molar-refractivity contribution is -0.150. The summed E-state index contributed by atoms with van der Waals surface area (Å²) in [6.45, 7) is 1.28. The van der Waals surface area contributed by atoms with E-state index in [2.05, 4.69) is 0 Å². The van der Waals surface area contributed by atoms with E-state index in [0.29, 0.717) is 32.2 Å². The lowest BCUT2D eigenvalue weighted by atomic mass is 9.84. The second-order valence-electron chi connectivity index (χ2n) is 5.86. The Labute approximate surface area is 125 Å². The SMILES string of the molecule is COCCOCCC(=O)N1C(C(=O)O)CC2CCCCC21. The molecule has 2 aliphatic rings. The van der Waals surface area contributed by atoms with Gasteiger partial charge in [0.15, 0.2) is 0 Å². The van der Waals surface area contributed by atoms with Crippen molar-refractivity contribution in [2.24, 2.45) is 5.92 Å². The number of carboxylic acid groups (broad SMARTS) is 1. The van der Waals surface area contributed by atoms with Gasteiger partial charge in [-0.1, -0.05) is 12.8 Å². The van der Waals surface area contributed by atoms with Gasteiger partial charge in [0.1, 0.15) is 6.04 Å². The molecule has 0 bridgehead atoms. The van der Waals surface area contributed by atoms with Crippen molar-refractivity contribution in [2.45, 2.75) is 50.6 Å². The largest absolute Gasteiger partial charge is 0.480 e. The fraction of sp³-hybridized carbons (Fsp3) is 0.867. The van der Waals surface area contributed by atoms with Crippen LogP contribution < -0.4 is 0 Å². The van der Waals surface area contributed by atoms with Crippen LogP contribution in [0.5, 0.6) is 0 Å². The molecule has 120 valence electrons. The Morgan fingerprint density at radius 2 is 1.95 bits per heavy atom. The third kappa shape index (κ3) is 3.95. The van der Waals surface area contributed by atoms with Crippen LogP contribution in [-0.4, -0.2) is 60.9 Å². The quantitative estimate of drug-likeness (QED) is 0.717. The van der Waals surface area contributed by atoms with E-state index in [0.717, 1.165) is 25.7 Å². The summed E-state index contributed by atoms with van der Waals surface area (Å²) in [4.78, 5) is 25.5. The van der Waals surface area contributed by atoms with Crippen LogP contribution in [0.15, 0.2) is 0 Å². The molecule has 0 spiro atoms. The van der Waals surface area contributed by atoms with Crippen LogP contribution in [0.4, 0.5) is 0 Å². The summed E-state index contributed by atoms with van der Waals surface area (Å²) >= 11 is 0. The number of carbonyl (C=O) groups excluding carboxylic acids is 1. The number of rotatable bonds is 7. The summed E-state index contributed by atoms with van der Waals surface area (Å²) in [5, 5.41) is 9.38. The number of likely N-dealkylation sites (tertiary alicyclic amines) is 1. The fourth-order valence-electron chi connectivity index (χ4n) is 3.57. The average molecular weight is 299 g/mol. The van der Waals surface area contributed by atoms with Crippen molar-refractivity contribution in [3.8, 4) is 0 Å².